The molecule has 0 aliphatic heterocycles. The number of hydrogen-bond acceptors (Lipinski definition) is 3. The molecule has 0 aromatic heterocycles. The molecule has 0 saturated carbocycles. The van der Waals surface area contributed by atoms with E-state index in [1.807, 2.05) is 6.26 Å². The van der Waals surface area contributed by atoms with Crippen LogP contribution in [0.5, 0.6) is 0 Å². The minimum Gasteiger partial charge on any atom is -0.396 e. The number of amides is 1. The molecule has 1 aromatic rings. The van der Waals surface area contributed by atoms with Crippen LogP contribution in [0.1, 0.15) is 16.8 Å². The van der Waals surface area contributed by atoms with Crippen molar-refractivity contribution in [2.24, 2.45) is 0 Å². The van der Waals surface area contributed by atoms with Crippen molar-refractivity contribution in [2.45, 2.75) is 12.5 Å². The lowest BCUT2D eigenvalue weighted by atomic mass is 10.2. The number of rotatable bonds is 6. The van der Waals surface area contributed by atoms with E-state index in [4.69, 9.17) is 16.7 Å². The van der Waals surface area contributed by atoms with Crippen LogP contribution in [0.25, 0.3) is 0 Å². The van der Waals surface area contributed by atoms with E-state index in [2.05, 4.69) is 5.32 Å². The molecule has 18 heavy (non-hydrogen) atoms. The molecule has 1 atom stereocenters. The summed E-state index contributed by atoms with van der Waals surface area (Å²) in [6, 6.07) is 3.72. The molecule has 0 aliphatic rings. The number of aliphatic hydroxyl groups is 1. The normalized spacial score (nSPS) is 12.2. The molecule has 6 heteroatoms. The monoisotopic (exact) mass is 291 g/mol. The minimum atomic E-state index is -0.552. The summed E-state index contributed by atoms with van der Waals surface area (Å²) >= 11 is 7.20. The Labute approximate surface area is 115 Å². The Morgan fingerprint density at radius 3 is 2.89 bits per heavy atom. The van der Waals surface area contributed by atoms with E-state index in [9.17, 15) is 9.18 Å². The summed E-state index contributed by atoms with van der Waals surface area (Å²) < 4.78 is 13.0. The molecule has 3 nitrogen and oxygen atoms in total. The standard InChI is InChI=1S/C12H15ClFNO2S/c1-18-7-9(4-5-16)15-12(17)8-2-3-11(14)10(13)6-8/h2-3,6,9,16H,4-5,7H2,1H3,(H,15,17)/t9-/m1/s1. The summed E-state index contributed by atoms with van der Waals surface area (Å²) in [5.41, 5.74) is 0.311. The highest BCUT2D eigenvalue weighted by Gasteiger charge is 2.14. The first-order valence-electron chi connectivity index (χ1n) is 5.44. The lowest BCUT2D eigenvalue weighted by molar-refractivity contribution is 0.0935. The molecule has 0 unspecified atom stereocenters. The van der Waals surface area contributed by atoms with Gasteiger partial charge in [0.2, 0.25) is 0 Å². The first kappa shape index (κ1) is 15.3. The zero-order valence-electron chi connectivity index (χ0n) is 9.95. The van der Waals surface area contributed by atoms with Gasteiger partial charge in [-0.3, -0.25) is 4.79 Å². The molecule has 2 N–H and O–H groups in total. The van der Waals surface area contributed by atoms with E-state index >= 15 is 0 Å². The molecule has 0 heterocycles. The van der Waals surface area contributed by atoms with Gasteiger partial charge in [0, 0.05) is 24.0 Å². The predicted molar refractivity (Wildman–Crippen MR) is 72.7 cm³/mol. The number of nitrogens with one attached hydrogen (secondary N) is 1. The first-order chi connectivity index (χ1) is 8.58. The van der Waals surface area contributed by atoms with Gasteiger partial charge in [0.1, 0.15) is 5.82 Å². The van der Waals surface area contributed by atoms with Gasteiger partial charge in [-0.1, -0.05) is 11.6 Å². The predicted octanol–water partition coefficient (Wildman–Crippen LogP) is 2.32. The average molecular weight is 292 g/mol. The summed E-state index contributed by atoms with van der Waals surface area (Å²) in [5.74, 6) is -0.157. The van der Waals surface area contributed by atoms with Crippen LogP contribution in [0, 0.1) is 5.82 Å². The average Bonchev–Trinajstić information content (AvgIpc) is 2.33. The molecule has 1 amide bonds. The second-order valence-electron chi connectivity index (χ2n) is 3.77. The van der Waals surface area contributed by atoms with Crippen LogP contribution in [-0.4, -0.2) is 35.7 Å². The van der Waals surface area contributed by atoms with Crippen molar-refractivity contribution in [1.29, 1.82) is 0 Å². The second-order valence-corrected chi connectivity index (χ2v) is 5.08. The Morgan fingerprint density at radius 1 is 1.61 bits per heavy atom. The van der Waals surface area contributed by atoms with Gasteiger partial charge in [-0.2, -0.15) is 11.8 Å². The molecule has 0 fully saturated rings. The topological polar surface area (TPSA) is 49.3 Å². The van der Waals surface area contributed by atoms with Crippen molar-refractivity contribution in [3.8, 4) is 0 Å². The molecule has 0 bridgehead atoms. The van der Waals surface area contributed by atoms with Crippen LogP contribution < -0.4 is 5.32 Å². The summed E-state index contributed by atoms with van der Waals surface area (Å²) in [7, 11) is 0. The van der Waals surface area contributed by atoms with Crippen LogP contribution in [0.4, 0.5) is 4.39 Å². The zero-order chi connectivity index (χ0) is 13.5. The fourth-order valence-electron chi connectivity index (χ4n) is 1.46. The van der Waals surface area contributed by atoms with Crippen LogP contribution in [0.2, 0.25) is 5.02 Å². The van der Waals surface area contributed by atoms with Crippen molar-refractivity contribution in [3.63, 3.8) is 0 Å². The molecule has 0 spiro atoms. The number of carbonyl (C=O) groups excluding carboxylic acids is 1. The molecule has 0 radical (unpaired) electrons. The number of halogens is 2. The van der Waals surface area contributed by atoms with E-state index in [1.165, 1.54) is 12.1 Å². The smallest absolute Gasteiger partial charge is 0.251 e. The molecule has 0 saturated heterocycles. The van der Waals surface area contributed by atoms with Crippen molar-refractivity contribution < 1.29 is 14.3 Å². The lowest BCUT2D eigenvalue weighted by Crippen LogP contribution is -2.37. The van der Waals surface area contributed by atoms with E-state index in [-0.39, 0.29) is 23.6 Å². The molecular weight excluding hydrogens is 277 g/mol. The maximum absolute atomic E-state index is 13.0. The van der Waals surface area contributed by atoms with Crippen LogP contribution in [0.3, 0.4) is 0 Å². The van der Waals surface area contributed by atoms with E-state index in [1.54, 1.807) is 11.8 Å². The Kier molecular flexibility index (Phi) is 6.46. The number of aliphatic hydroxyl groups excluding tert-OH is 1. The number of hydrogen-bond donors (Lipinski definition) is 2. The summed E-state index contributed by atoms with van der Waals surface area (Å²) in [6.07, 6.45) is 2.41. The molecule has 1 aromatic carbocycles. The summed E-state index contributed by atoms with van der Waals surface area (Å²) in [5, 5.41) is 11.6. The zero-order valence-corrected chi connectivity index (χ0v) is 11.5. The van der Waals surface area contributed by atoms with Crippen LogP contribution in [0.15, 0.2) is 18.2 Å². The largest absolute Gasteiger partial charge is 0.396 e. The highest BCUT2D eigenvalue weighted by atomic mass is 35.5. The van der Waals surface area contributed by atoms with Gasteiger partial charge in [-0.05, 0) is 30.9 Å². The van der Waals surface area contributed by atoms with Gasteiger partial charge < -0.3 is 10.4 Å². The van der Waals surface area contributed by atoms with Gasteiger partial charge >= 0.3 is 0 Å². The van der Waals surface area contributed by atoms with Crippen LogP contribution >= 0.6 is 23.4 Å². The Morgan fingerprint density at radius 2 is 2.33 bits per heavy atom. The summed E-state index contributed by atoms with van der Waals surface area (Å²) in [6.45, 7) is 0.00960. The SMILES string of the molecule is CSC[C@@H](CCO)NC(=O)c1ccc(F)c(Cl)c1. The van der Waals surface area contributed by atoms with Gasteiger partial charge in [-0.25, -0.2) is 4.39 Å². The van der Waals surface area contributed by atoms with E-state index in [0.29, 0.717) is 17.7 Å². The van der Waals surface area contributed by atoms with Crippen molar-refractivity contribution in [2.75, 3.05) is 18.6 Å². The quantitative estimate of drug-likeness (QED) is 0.846. The van der Waals surface area contributed by atoms with Gasteiger partial charge in [0.25, 0.3) is 5.91 Å². The van der Waals surface area contributed by atoms with Gasteiger partial charge in [-0.15, -0.1) is 0 Å². The van der Waals surface area contributed by atoms with Gasteiger partial charge in [0.15, 0.2) is 0 Å². The fourth-order valence-corrected chi connectivity index (χ4v) is 2.29. The number of carbonyl (C=O) groups is 1. The first-order valence-corrected chi connectivity index (χ1v) is 7.21. The van der Waals surface area contributed by atoms with Crippen molar-refractivity contribution >= 4 is 29.3 Å². The molecule has 0 aliphatic carbocycles. The second kappa shape index (κ2) is 7.61. The Balaban J connectivity index is 2.70. The van der Waals surface area contributed by atoms with Crippen molar-refractivity contribution in [1.82, 2.24) is 5.32 Å². The molecule has 100 valence electrons. The maximum atomic E-state index is 13.0. The number of benzene rings is 1. The van der Waals surface area contributed by atoms with Crippen LogP contribution in [-0.2, 0) is 0 Å². The third kappa shape index (κ3) is 4.48. The van der Waals surface area contributed by atoms with E-state index < -0.39 is 5.82 Å². The molecular formula is C12H15ClFNO2S. The highest BCUT2D eigenvalue weighted by molar-refractivity contribution is 7.98. The summed E-state index contributed by atoms with van der Waals surface area (Å²) in [4.78, 5) is 11.9. The Bertz CT molecular complexity index is 411. The van der Waals surface area contributed by atoms with Crippen molar-refractivity contribution in [3.05, 3.63) is 34.6 Å². The minimum absolute atomic E-state index is 0.00960. The maximum Gasteiger partial charge on any atom is 0.251 e. The third-order valence-corrected chi connectivity index (χ3v) is 3.39. The van der Waals surface area contributed by atoms with E-state index in [0.717, 1.165) is 6.07 Å². The Hall–Kier alpha value is -0.780. The lowest BCUT2D eigenvalue weighted by Gasteiger charge is -2.16. The number of thioether (sulfide) groups is 1. The third-order valence-electron chi connectivity index (χ3n) is 2.36. The molecule has 1 rings (SSSR count). The van der Waals surface area contributed by atoms with Gasteiger partial charge in [0.05, 0.1) is 5.02 Å². The fraction of sp³-hybridized carbons (Fsp3) is 0.417. The highest BCUT2D eigenvalue weighted by Crippen LogP contribution is 2.16.